The first-order valence-electron chi connectivity index (χ1n) is 5.69. The smallest absolute Gasteiger partial charge is 0.128 e. The molecule has 0 aliphatic carbocycles. The maximum atomic E-state index is 13.9. The zero-order chi connectivity index (χ0) is 14.0. The first kappa shape index (κ1) is 14.5. The summed E-state index contributed by atoms with van der Waals surface area (Å²) in [5.74, 6) is 5.26. The molecule has 0 heterocycles. The molecule has 0 spiro atoms. The molecule has 1 unspecified atom stereocenters. The lowest BCUT2D eigenvalue weighted by Gasteiger charge is -2.18. The largest absolute Gasteiger partial charge is 0.271 e. The van der Waals surface area contributed by atoms with Gasteiger partial charge in [0, 0.05) is 15.1 Å². The third kappa shape index (κ3) is 3.34. The molecule has 100 valence electrons. The van der Waals surface area contributed by atoms with Crippen molar-refractivity contribution in [3.63, 3.8) is 0 Å². The van der Waals surface area contributed by atoms with Gasteiger partial charge in [-0.2, -0.15) is 0 Å². The topological polar surface area (TPSA) is 38.0 Å². The van der Waals surface area contributed by atoms with Gasteiger partial charge >= 0.3 is 0 Å². The number of nitrogens with two attached hydrogens (primary N) is 1. The van der Waals surface area contributed by atoms with Gasteiger partial charge in [0.1, 0.15) is 5.82 Å². The highest BCUT2D eigenvalue weighted by atomic mass is 79.9. The average Bonchev–Trinajstić information content (AvgIpc) is 2.33. The van der Waals surface area contributed by atoms with Gasteiger partial charge < -0.3 is 0 Å². The Morgan fingerprint density at radius 2 is 2.00 bits per heavy atom. The van der Waals surface area contributed by atoms with E-state index < -0.39 is 6.04 Å². The molecule has 2 aromatic rings. The van der Waals surface area contributed by atoms with Gasteiger partial charge in [0.2, 0.25) is 0 Å². The fourth-order valence-electron chi connectivity index (χ4n) is 2.03. The van der Waals surface area contributed by atoms with Crippen LogP contribution in [0.3, 0.4) is 0 Å². The Labute approximate surface area is 124 Å². The molecule has 2 nitrogen and oxygen atoms in total. The van der Waals surface area contributed by atoms with Crippen LogP contribution in [0.1, 0.15) is 22.7 Å². The van der Waals surface area contributed by atoms with Crippen LogP contribution in [0.25, 0.3) is 0 Å². The third-order valence-electron chi connectivity index (χ3n) is 2.83. The maximum Gasteiger partial charge on any atom is 0.128 e. The third-order valence-corrected chi connectivity index (χ3v) is 3.54. The zero-order valence-electron chi connectivity index (χ0n) is 10.3. The van der Waals surface area contributed by atoms with Gasteiger partial charge in [-0.15, -0.1) is 0 Å². The lowest BCUT2D eigenvalue weighted by atomic mass is 9.97. The van der Waals surface area contributed by atoms with E-state index in [0.29, 0.717) is 10.6 Å². The first-order chi connectivity index (χ1) is 9.01. The van der Waals surface area contributed by atoms with Gasteiger partial charge in [-0.25, -0.2) is 9.82 Å². The summed E-state index contributed by atoms with van der Waals surface area (Å²) in [6.45, 7) is 1.93. The fraction of sp³-hybridized carbons (Fsp3) is 0.143. The standard InChI is InChI=1S/C14H13BrClFN2/c1-8-4-9(6-11(16)5-8)14(19-18)12-7-10(15)2-3-13(12)17/h2-7,14,19H,18H2,1H3. The van der Waals surface area contributed by atoms with Crippen LogP contribution in [-0.4, -0.2) is 0 Å². The van der Waals surface area contributed by atoms with Crippen LogP contribution in [0.4, 0.5) is 4.39 Å². The number of halogens is 3. The SMILES string of the molecule is Cc1cc(Cl)cc(C(NN)c2cc(Br)ccc2F)c1. The van der Waals surface area contributed by atoms with Gasteiger partial charge in [-0.05, 0) is 48.4 Å². The zero-order valence-corrected chi connectivity index (χ0v) is 12.6. The lowest BCUT2D eigenvalue weighted by molar-refractivity contribution is 0.559. The Morgan fingerprint density at radius 3 is 2.63 bits per heavy atom. The average molecular weight is 344 g/mol. The van der Waals surface area contributed by atoms with Crippen molar-refractivity contribution >= 4 is 27.5 Å². The van der Waals surface area contributed by atoms with Crippen LogP contribution in [-0.2, 0) is 0 Å². The van der Waals surface area contributed by atoms with Gasteiger partial charge in [0.15, 0.2) is 0 Å². The summed E-state index contributed by atoms with van der Waals surface area (Å²) in [5.41, 5.74) is 4.93. The summed E-state index contributed by atoms with van der Waals surface area (Å²) in [4.78, 5) is 0. The normalized spacial score (nSPS) is 12.5. The molecule has 5 heteroatoms. The molecule has 0 saturated heterocycles. The number of hydrogen-bond acceptors (Lipinski definition) is 2. The molecular formula is C14H13BrClFN2. The Morgan fingerprint density at radius 1 is 1.26 bits per heavy atom. The molecule has 0 aliphatic heterocycles. The Bertz CT molecular complexity index is 584. The van der Waals surface area contributed by atoms with Crippen molar-refractivity contribution in [1.29, 1.82) is 0 Å². The summed E-state index contributed by atoms with van der Waals surface area (Å²) < 4.78 is 14.7. The lowest BCUT2D eigenvalue weighted by Crippen LogP contribution is -2.29. The van der Waals surface area contributed by atoms with E-state index in [0.717, 1.165) is 15.6 Å². The van der Waals surface area contributed by atoms with E-state index in [1.807, 2.05) is 19.1 Å². The minimum absolute atomic E-state index is 0.316. The number of nitrogens with one attached hydrogen (secondary N) is 1. The number of hydrogen-bond donors (Lipinski definition) is 2. The molecule has 3 N–H and O–H groups in total. The van der Waals surface area contributed by atoms with E-state index in [2.05, 4.69) is 21.4 Å². The molecule has 1 atom stereocenters. The molecule has 0 aromatic heterocycles. The summed E-state index contributed by atoms with van der Waals surface area (Å²) in [6, 6.07) is 9.86. The predicted octanol–water partition coefficient (Wildman–Crippen LogP) is 4.10. The van der Waals surface area contributed by atoms with Crippen LogP contribution >= 0.6 is 27.5 Å². The molecule has 19 heavy (non-hydrogen) atoms. The van der Waals surface area contributed by atoms with Gasteiger partial charge in [-0.3, -0.25) is 5.84 Å². The van der Waals surface area contributed by atoms with Crippen molar-refractivity contribution in [3.05, 3.63) is 68.4 Å². The number of benzene rings is 2. The highest BCUT2D eigenvalue weighted by Crippen LogP contribution is 2.28. The second-order valence-corrected chi connectivity index (χ2v) is 5.68. The van der Waals surface area contributed by atoms with Crippen LogP contribution in [0.5, 0.6) is 0 Å². The van der Waals surface area contributed by atoms with Crippen molar-refractivity contribution < 1.29 is 4.39 Å². The summed E-state index contributed by atoms with van der Waals surface area (Å²) in [6.07, 6.45) is 0. The van der Waals surface area contributed by atoms with Crippen molar-refractivity contribution in [2.45, 2.75) is 13.0 Å². The first-order valence-corrected chi connectivity index (χ1v) is 6.86. The molecule has 2 rings (SSSR count). The number of rotatable bonds is 3. The van der Waals surface area contributed by atoms with E-state index in [1.54, 1.807) is 18.2 Å². The molecular weight excluding hydrogens is 331 g/mol. The van der Waals surface area contributed by atoms with Crippen molar-refractivity contribution in [2.24, 2.45) is 5.84 Å². The number of aryl methyl sites for hydroxylation is 1. The minimum atomic E-state index is -0.449. The molecule has 0 saturated carbocycles. The number of hydrazine groups is 1. The van der Waals surface area contributed by atoms with Gasteiger partial charge in [0.05, 0.1) is 6.04 Å². The molecule has 0 bridgehead atoms. The second-order valence-electron chi connectivity index (χ2n) is 4.33. The minimum Gasteiger partial charge on any atom is -0.271 e. The fourth-order valence-corrected chi connectivity index (χ4v) is 2.71. The van der Waals surface area contributed by atoms with Crippen LogP contribution in [0.2, 0.25) is 5.02 Å². The van der Waals surface area contributed by atoms with Crippen LogP contribution in [0.15, 0.2) is 40.9 Å². The van der Waals surface area contributed by atoms with Crippen LogP contribution in [0, 0.1) is 12.7 Å². The summed E-state index contributed by atoms with van der Waals surface area (Å²) >= 11 is 9.37. The Hall–Kier alpha value is -0.940. The molecule has 0 aliphatic rings. The van der Waals surface area contributed by atoms with Gasteiger partial charge in [-0.1, -0.05) is 33.6 Å². The summed E-state index contributed by atoms with van der Waals surface area (Å²) in [7, 11) is 0. The molecule has 2 aromatic carbocycles. The van der Waals surface area contributed by atoms with E-state index in [1.165, 1.54) is 6.07 Å². The monoisotopic (exact) mass is 342 g/mol. The molecule has 0 radical (unpaired) electrons. The maximum absolute atomic E-state index is 13.9. The van der Waals surface area contributed by atoms with E-state index >= 15 is 0 Å². The van der Waals surface area contributed by atoms with Crippen molar-refractivity contribution in [3.8, 4) is 0 Å². The Balaban J connectivity index is 2.52. The molecule has 0 fully saturated rings. The van der Waals surface area contributed by atoms with Crippen LogP contribution < -0.4 is 11.3 Å². The van der Waals surface area contributed by atoms with Crippen molar-refractivity contribution in [1.82, 2.24) is 5.43 Å². The highest BCUT2D eigenvalue weighted by molar-refractivity contribution is 9.10. The molecule has 0 amide bonds. The van der Waals surface area contributed by atoms with Gasteiger partial charge in [0.25, 0.3) is 0 Å². The second kappa shape index (κ2) is 6.01. The van der Waals surface area contributed by atoms with E-state index in [9.17, 15) is 4.39 Å². The predicted molar refractivity (Wildman–Crippen MR) is 79.5 cm³/mol. The highest BCUT2D eigenvalue weighted by Gasteiger charge is 2.17. The Kier molecular flexibility index (Phi) is 4.58. The van der Waals surface area contributed by atoms with E-state index in [-0.39, 0.29) is 5.82 Å². The van der Waals surface area contributed by atoms with Crippen molar-refractivity contribution in [2.75, 3.05) is 0 Å². The van der Waals surface area contributed by atoms with E-state index in [4.69, 9.17) is 17.4 Å². The quantitative estimate of drug-likeness (QED) is 0.650. The summed E-state index contributed by atoms with van der Waals surface area (Å²) in [5, 5.41) is 0.602.